The molecule has 0 unspecified atom stereocenters. The Kier molecular flexibility index (Phi) is 9.51. The predicted octanol–water partition coefficient (Wildman–Crippen LogP) is 4.26. The normalized spacial score (nSPS) is 10.8. The number of aromatic nitrogens is 3. The average Bonchev–Trinajstić information content (AvgIpc) is 3.41. The van der Waals surface area contributed by atoms with Crippen LogP contribution in [0.25, 0.3) is 0 Å². The van der Waals surface area contributed by atoms with E-state index < -0.39 is 17.7 Å². The number of esters is 1. The second-order valence-electron chi connectivity index (χ2n) is 7.80. The maximum absolute atomic E-state index is 13.4. The summed E-state index contributed by atoms with van der Waals surface area (Å²) in [5.41, 5.74) is 0.587. The first-order valence-electron chi connectivity index (χ1n) is 10.9. The molecule has 1 N–H and O–H groups in total. The number of thiophene rings is 1. The molecule has 2 amide bonds. The number of halogens is 2. The van der Waals surface area contributed by atoms with Crippen molar-refractivity contribution in [2.45, 2.75) is 32.2 Å². The van der Waals surface area contributed by atoms with Crippen LogP contribution in [0.15, 0.2) is 23.4 Å². The van der Waals surface area contributed by atoms with Gasteiger partial charge in [0.1, 0.15) is 23.2 Å². The summed E-state index contributed by atoms with van der Waals surface area (Å²) in [4.78, 5) is 39.3. The number of amides is 2. The van der Waals surface area contributed by atoms with E-state index in [1.807, 2.05) is 6.92 Å². The minimum absolute atomic E-state index is 0.0267. The summed E-state index contributed by atoms with van der Waals surface area (Å²) in [7, 11) is 4.44. The van der Waals surface area contributed by atoms with Gasteiger partial charge >= 0.3 is 5.97 Å². The van der Waals surface area contributed by atoms with Crippen LogP contribution in [0.5, 0.6) is 5.75 Å². The number of rotatable bonds is 10. The van der Waals surface area contributed by atoms with Gasteiger partial charge in [0.15, 0.2) is 11.0 Å². The highest BCUT2D eigenvalue weighted by molar-refractivity contribution is 7.99. The van der Waals surface area contributed by atoms with Crippen LogP contribution in [-0.4, -0.2) is 64.4 Å². The molecule has 0 aliphatic rings. The molecule has 0 saturated heterocycles. The van der Waals surface area contributed by atoms with Gasteiger partial charge in [-0.2, -0.15) is 0 Å². The van der Waals surface area contributed by atoms with Crippen molar-refractivity contribution in [3.8, 4) is 5.75 Å². The van der Waals surface area contributed by atoms with E-state index in [1.165, 1.54) is 30.2 Å². The second kappa shape index (κ2) is 12.4. The molecular formula is C23H25ClFN5O5S2. The first-order valence-corrected chi connectivity index (χ1v) is 13.1. The largest absolute Gasteiger partial charge is 0.486 e. The molecule has 0 aliphatic carbocycles. The quantitative estimate of drug-likeness (QED) is 0.284. The lowest BCUT2D eigenvalue weighted by atomic mass is 10.1. The summed E-state index contributed by atoms with van der Waals surface area (Å²) in [6, 6.07) is 4.04. The minimum Gasteiger partial charge on any atom is -0.486 e. The topological polar surface area (TPSA) is 116 Å². The van der Waals surface area contributed by atoms with Crippen molar-refractivity contribution in [2.75, 3.05) is 32.3 Å². The van der Waals surface area contributed by atoms with E-state index in [9.17, 15) is 18.8 Å². The molecule has 0 bridgehead atoms. The first kappa shape index (κ1) is 28.4. The summed E-state index contributed by atoms with van der Waals surface area (Å²) in [5, 5.41) is 11.7. The summed E-state index contributed by atoms with van der Waals surface area (Å²) >= 11 is 7.96. The molecule has 0 atom stereocenters. The first-order chi connectivity index (χ1) is 17.6. The third-order valence-electron chi connectivity index (χ3n) is 5.09. The number of carbonyl (C=O) groups excluding carboxylic acids is 3. The summed E-state index contributed by atoms with van der Waals surface area (Å²) in [6.07, 6.45) is 0. The number of methoxy groups -OCH3 is 1. The number of nitrogens with zero attached hydrogens (tertiary/aromatic N) is 4. The number of hydrogen-bond acceptors (Lipinski definition) is 9. The minimum atomic E-state index is -0.646. The van der Waals surface area contributed by atoms with E-state index in [2.05, 4.69) is 15.5 Å². The fourth-order valence-electron chi connectivity index (χ4n) is 3.21. The maximum Gasteiger partial charge on any atom is 0.341 e. The molecule has 0 fully saturated rings. The van der Waals surface area contributed by atoms with Gasteiger partial charge in [-0.05, 0) is 31.5 Å². The highest BCUT2D eigenvalue weighted by Gasteiger charge is 2.27. The highest BCUT2D eigenvalue weighted by atomic mass is 35.5. The van der Waals surface area contributed by atoms with Gasteiger partial charge < -0.3 is 24.3 Å². The number of thioether (sulfide) groups is 1. The van der Waals surface area contributed by atoms with Crippen molar-refractivity contribution < 1.29 is 28.2 Å². The lowest BCUT2D eigenvalue weighted by molar-refractivity contribution is -0.113. The van der Waals surface area contributed by atoms with Gasteiger partial charge in [-0.1, -0.05) is 23.4 Å². The number of benzene rings is 1. The van der Waals surface area contributed by atoms with E-state index in [4.69, 9.17) is 21.1 Å². The fourth-order valence-corrected chi connectivity index (χ4v) is 5.44. The maximum atomic E-state index is 13.4. The van der Waals surface area contributed by atoms with Gasteiger partial charge in [0, 0.05) is 26.7 Å². The van der Waals surface area contributed by atoms with E-state index in [-0.39, 0.29) is 33.9 Å². The molecule has 0 aliphatic heterocycles. The third kappa shape index (κ3) is 6.59. The van der Waals surface area contributed by atoms with Crippen LogP contribution in [0.3, 0.4) is 0 Å². The van der Waals surface area contributed by atoms with Crippen LogP contribution >= 0.6 is 34.7 Å². The SMILES string of the molecule is CCn1c(COc2ccc(F)c(Cl)c2)nnc1SCC(=O)Nc1sc(C(=O)N(C)C)c(C)c1C(=O)OC. The highest BCUT2D eigenvalue weighted by Crippen LogP contribution is 2.34. The number of nitrogens with one attached hydrogen (secondary N) is 1. The molecule has 3 rings (SSSR count). The Bertz CT molecular complexity index is 1330. The summed E-state index contributed by atoms with van der Waals surface area (Å²) in [6.45, 7) is 4.12. The molecule has 198 valence electrons. The van der Waals surface area contributed by atoms with Crippen LogP contribution in [0.2, 0.25) is 5.02 Å². The number of anilines is 1. The Labute approximate surface area is 226 Å². The number of hydrogen-bond donors (Lipinski definition) is 1. The Balaban J connectivity index is 1.69. The van der Waals surface area contributed by atoms with Crippen LogP contribution in [-0.2, 0) is 22.7 Å². The molecule has 10 nitrogen and oxygen atoms in total. The molecule has 1 aromatic carbocycles. The van der Waals surface area contributed by atoms with Crippen molar-refractivity contribution in [1.82, 2.24) is 19.7 Å². The van der Waals surface area contributed by atoms with Gasteiger partial charge in [-0.15, -0.1) is 21.5 Å². The molecule has 37 heavy (non-hydrogen) atoms. The van der Waals surface area contributed by atoms with Crippen LogP contribution < -0.4 is 10.1 Å². The molecule has 0 radical (unpaired) electrons. The van der Waals surface area contributed by atoms with Crippen LogP contribution in [0.4, 0.5) is 9.39 Å². The zero-order chi connectivity index (χ0) is 27.3. The zero-order valence-electron chi connectivity index (χ0n) is 20.8. The van der Waals surface area contributed by atoms with Crippen molar-refractivity contribution >= 4 is 57.5 Å². The molecule has 3 aromatic rings. The van der Waals surface area contributed by atoms with E-state index in [0.29, 0.717) is 33.7 Å². The van der Waals surface area contributed by atoms with Crippen molar-refractivity contribution in [3.05, 3.63) is 50.9 Å². The van der Waals surface area contributed by atoms with Gasteiger partial charge in [0.05, 0.1) is 28.3 Å². The lowest BCUT2D eigenvalue weighted by Crippen LogP contribution is -2.21. The standard InChI is InChI=1S/C23H25ClFN5O5S2/c1-6-30-16(10-35-13-7-8-15(25)14(24)9-13)27-28-23(30)36-11-17(31)26-20-18(22(33)34-5)12(2)19(37-20)21(32)29(3)4/h7-9H,6,10-11H2,1-5H3,(H,26,31). The molecule has 0 saturated carbocycles. The monoisotopic (exact) mass is 569 g/mol. The number of carbonyl (C=O) groups is 3. The van der Waals surface area contributed by atoms with Crippen molar-refractivity contribution in [2.24, 2.45) is 0 Å². The smallest absolute Gasteiger partial charge is 0.341 e. The Morgan fingerprint density at radius 2 is 2.00 bits per heavy atom. The van der Waals surface area contributed by atoms with Crippen molar-refractivity contribution in [1.29, 1.82) is 0 Å². The lowest BCUT2D eigenvalue weighted by Gasteiger charge is -2.09. The Morgan fingerprint density at radius 1 is 1.27 bits per heavy atom. The Morgan fingerprint density at radius 3 is 2.62 bits per heavy atom. The van der Waals surface area contributed by atoms with Gasteiger partial charge in [-0.3, -0.25) is 9.59 Å². The van der Waals surface area contributed by atoms with Crippen LogP contribution in [0.1, 0.15) is 38.3 Å². The van der Waals surface area contributed by atoms with E-state index in [0.717, 1.165) is 23.1 Å². The number of ether oxygens (including phenoxy) is 2. The molecular weight excluding hydrogens is 545 g/mol. The Hall–Kier alpha value is -3.16. The summed E-state index contributed by atoms with van der Waals surface area (Å²) < 4.78 is 25.6. The third-order valence-corrected chi connectivity index (χ3v) is 7.54. The second-order valence-corrected chi connectivity index (χ2v) is 10.2. The van der Waals surface area contributed by atoms with E-state index >= 15 is 0 Å². The fraction of sp³-hybridized carbons (Fsp3) is 0.348. The van der Waals surface area contributed by atoms with Gasteiger partial charge in [-0.25, -0.2) is 9.18 Å². The van der Waals surface area contributed by atoms with Gasteiger partial charge in [0.25, 0.3) is 5.91 Å². The zero-order valence-corrected chi connectivity index (χ0v) is 23.1. The van der Waals surface area contributed by atoms with Crippen LogP contribution in [0, 0.1) is 12.7 Å². The molecule has 14 heteroatoms. The summed E-state index contributed by atoms with van der Waals surface area (Å²) in [5.74, 6) is -1.00. The molecule has 0 spiro atoms. The predicted molar refractivity (Wildman–Crippen MR) is 139 cm³/mol. The molecule has 2 aromatic heterocycles. The average molecular weight is 570 g/mol. The van der Waals surface area contributed by atoms with Crippen molar-refractivity contribution in [3.63, 3.8) is 0 Å². The van der Waals surface area contributed by atoms with Gasteiger partial charge in [0.2, 0.25) is 5.91 Å². The molecule has 2 heterocycles. The van der Waals surface area contributed by atoms with E-state index in [1.54, 1.807) is 25.6 Å².